The molecule has 26 heavy (non-hydrogen) atoms. The van der Waals surface area contributed by atoms with Crippen molar-refractivity contribution in [3.8, 4) is 0 Å². The number of hydrogen-bond donors (Lipinski definition) is 2. The Labute approximate surface area is 155 Å². The molecule has 0 bridgehead atoms. The van der Waals surface area contributed by atoms with E-state index in [0.29, 0.717) is 22.0 Å². The average molecular weight is 372 g/mol. The number of amides is 2. The van der Waals surface area contributed by atoms with E-state index in [2.05, 4.69) is 10.6 Å². The molecule has 1 saturated carbocycles. The minimum Gasteiger partial charge on any atom is -0.465 e. The van der Waals surface area contributed by atoms with E-state index in [9.17, 15) is 14.4 Å². The van der Waals surface area contributed by atoms with E-state index in [1.807, 2.05) is 30.3 Å². The van der Waals surface area contributed by atoms with Gasteiger partial charge in [0.25, 0.3) is 5.91 Å². The molecule has 0 aliphatic heterocycles. The molecule has 2 amide bonds. The molecule has 1 heterocycles. The van der Waals surface area contributed by atoms with E-state index in [-0.39, 0.29) is 23.3 Å². The van der Waals surface area contributed by atoms with Gasteiger partial charge in [0.1, 0.15) is 5.00 Å². The highest BCUT2D eigenvalue weighted by Crippen LogP contribution is 2.36. The van der Waals surface area contributed by atoms with Gasteiger partial charge >= 0.3 is 5.97 Å². The number of carbonyl (C=O) groups is 3. The van der Waals surface area contributed by atoms with Gasteiger partial charge in [-0.15, -0.1) is 11.3 Å². The summed E-state index contributed by atoms with van der Waals surface area (Å²) in [7, 11) is 1.28. The lowest BCUT2D eigenvalue weighted by Gasteiger charge is -2.05. The first-order chi connectivity index (χ1) is 12.5. The largest absolute Gasteiger partial charge is 0.465 e. The summed E-state index contributed by atoms with van der Waals surface area (Å²) in [6.45, 7) is 2.07. The number of benzene rings is 1. The first-order valence-electron chi connectivity index (χ1n) is 8.36. The topological polar surface area (TPSA) is 84.5 Å². The highest BCUT2D eigenvalue weighted by Gasteiger charge is 2.32. The molecule has 2 aromatic rings. The normalized spacial score (nSPS) is 13.2. The molecule has 6 nitrogen and oxygen atoms in total. The zero-order valence-electron chi connectivity index (χ0n) is 14.6. The quantitative estimate of drug-likeness (QED) is 0.763. The fraction of sp³-hybridized carbons (Fsp3) is 0.316. The molecule has 2 N–H and O–H groups in total. The Kier molecular flexibility index (Phi) is 5.37. The lowest BCUT2D eigenvalue weighted by molar-refractivity contribution is -0.117. The van der Waals surface area contributed by atoms with E-state index in [1.165, 1.54) is 7.11 Å². The number of esters is 1. The summed E-state index contributed by atoms with van der Waals surface area (Å²) < 4.78 is 4.82. The van der Waals surface area contributed by atoms with E-state index in [4.69, 9.17) is 4.74 Å². The Morgan fingerprint density at radius 1 is 1.19 bits per heavy atom. The second-order valence-corrected chi connectivity index (χ2v) is 7.20. The van der Waals surface area contributed by atoms with E-state index < -0.39 is 5.97 Å². The molecule has 1 aromatic heterocycles. The molecular weight excluding hydrogens is 352 g/mol. The summed E-state index contributed by atoms with van der Waals surface area (Å²) in [6.07, 6.45) is 1.71. The van der Waals surface area contributed by atoms with E-state index in [1.54, 1.807) is 6.92 Å². The first-order valence-corrected chi connectivity index (χ1v) is 9.17. The number of thiophene rings is 1. The highest BCUT2D eigenvalue weighted by molar-refractivity contribution is 7.18. The Morgan fingerprint density at radius 3 is 2.50 bits per heavy atom. The lowest BCUT2D eigenvalue weighted by Crippen LogP contribution is -2.22. The number of ether oxygens (including phenoxy) is 1. The van der Waals surface area contributed by atoms with Crippen LogP contribution in [0.3, 0.4) is 0 Å². The summed E-state index contributed by atoms with van der Waals surface area (Å²) in [5.74, 6) is -0.966. The molecule has 1 aliphatic carbocycles. The van der Waals surface area contributed by atoms with Crippen molar-refractivity contribution in [1.29, 1.82) is 0 Å². The van der Waals surface area contributed by atoms with Gasteiger partial charge in [0.2, 0.25) is 5.91 Å². The standard InChI is InChI=1S/C19H20N2O4S/c1-11-14(19(24)25-2)18(21-16(22)13-8-9-13)26-15(11)17(23)20-10-12-6-4-3-5-7-12/h3-7,13H,8-10H2,1-2H3,(H,20,23)(H,21,22). The summed E-state index contributed by atoms with van der Waals surface area (Å²) in [5.41, 5.74) is 1.74. The van der Waals surface area contributed by atoms with Crippen molar-refractivity contribution in [2.75, 3.05) is 12.4 Å². The van der Waals surface area contributed by atoms with Crippen molar-refractivity contribution in [3.63, 3.8) is 0 Å². The van der Waals surface area contributed by atoms with Crippen LogP contribution in [0.25, 0.3) is 0 Å². The fourth-order valence-corrected chi connectivity index (χ4v) is 3.70. The molecule has 136 valence electrons. The Morgan fingerprint density at radius 2 is 1.88 bits per heavy atom. The maximum atomic E-state index is 12.6. The molecule has 0 radical (unpaired) electrons. The van der Waals surface area contributed by atoms with Crippen LogP contribution in [0.5, 0.6) is 0 Å². The number of rotatable bonds is 6. The van der Waals surface area contributed by atoms with Crippen LogP contribution in [0.2, 0.25) is 0 Å². The van der Waals surface area contributed by atoms with Gasteiger partial charge in [-0.25, -0.2) is 4.79 Å². The van der Waals surface area contributed by atoms with Gasteiger partial charge in [0.05, 0.1) is 17.6 Å². The van der Waals surface area contributed by atoms with Crippen molar-refractivity contribution in [3.05, 3.63) is 51.9 Å². The van der Waals surface area contributed by atoms with Crippen molar-refractivity contribution >= 4 is 34.1 Å². The molecule has 0 saturated heterocycles. The lowest BCUT2D eigenvalue weighted by atomic mass is 10.1. The predicted molar refractivity (Wildman–Crippen MR) is 99.4 cm³/mol. The Bertz CT molecular complexity index is 841. The molecule has 0 atom stereocenters. The van der Waals surface area contributed by atoms with E-state index >= 15 is 0 Å². The second-order valence-electron chi connectivity index (χ2n) is 6.18. The third-order valence-electron chi connectivity index (χ3n) is 4.22. The molecule has 3 rings (SSSR count). The zero-order chi connectivity index (χ0) is 18.7. The second kappa shape index (κ2) is 7.70. The third kappa shape index (κ3) is 3.94. The summed E-state index contributed by atoms with van der Waals surface area (Å²) >= 11 is 1.10. The van der Waals surface area contributed by atoms with Crippen molar-refractivity contribution in [1.82, 2.24) is 5.32 Å². The maximum Gasteiger partial charge on any atom is 0.341 e. The number of hydrogen-bond acceptors (Lipinski definition) is 5. The van der Waals surface area contributed by atoms with Gasteiger partial charge in [-0.05, 0) is 30.9 Å². The first kappa shape index (κ1) is 18.1. The summed E-state index contributed by atoms with van der Waals surface area (Å²) in [6, 6.07) is 9.55. The highest BCUT2D eigenvalue weighted by atomic mass is 32.1. The van der Waals surface area contributed by atoms with Gasteiger partial charge in [0.15, 0.2) is 0 Å². The minimum atomic E-state index is -0.563. The van der Waals surface area contributed by atoms with Crippen LogP contribution < -0.4 is 10.6 Å². The van der Waals surface area contributed by atoms with Gasteiger partial charge in [-0.2, -0.15) is 0 Å². The maximum absolute atomic E-state index is 12.6. The third-order valence-corrected chi connectivity index (χ3v) is 5.43. The molecular formula is C19H20N2O4S. The number of nitrogens with one attached hydrogen (secondary N) is 2. The summed E-state index contributed by atoms with van der Waals surface area (Å²) in [4.78, 5) is 37.2. The molecule has 1 aliphatic rings. The number of anilines is 1. The molecule has 0 spiro atoms. The predicted octanol–water partition coefficient (Wildman–Crippen LogP) is 3.12. The van der Waals surface area contributed by atoms with Gasteiger partial charge in [0, 0.05) is 12.5 Å². The molecule has 0 unspecified atom stereocenters. The summed E-state index contributed by atoms with van der Waals surface area (Å²) in [5, 5.41) is 6.00. The van der Waals surface area contributed by atoms with Gasteiger partial charge in [-0.3, -0.25) is 9.59 Å². The van der Waals surface area contributed by atoms with E-state index in [0.717, 1.165) is 29.7 Å². The number of carbonyl (C=O) groups excluding carboxylic acids is 3. The SMILES string of the molecule is COC(=O)c1c(NC(=O)C2CC2)sc(C(=O)NCc2ccccc2)c1C. The monoisotopic (exact) mass is 372 g/mol. The Balaban J connectivity index is 1.81. The number of methoxy groups -OCH3 is 1. The van der Waals surface area contributed by atoms with Crippen LogP contribution in [0.15, 0.2) is 30.3 Å². The van der Waals surface area contributed by atoms with Crippen LogP contribution in [0.4, 0.5) is 5.00 Å². The fourth-order valence-electron chi connectivity index (χ4n) is 2.58. The van der Waals surface area contributed by atoms with Gasteiger partial charge < -0.3 is 15.4 Å². The molecule has 1 fully saturated rings. The minimum absolute atomic E-state index is 0.00161. The van der Waals surface area contributed by atoms with Gasteiger partial charge in [-0.1, -0.05) is 30.3 Å². The molecule has 7 heteroatoms. The van der Waals surface area contributed by atoms with Crippen LogP contribution in [0, 0.1) is 12.8 Å². The van der Waals surface area contributed by atoms with Crippen LogP contribution in [-0.2, 0) is 16.1 Å². The van der Waals surface area contributed by atoms with Crippen molar-refractivity contribution < 1.29 is 19.1 Å². The smallest absolute Gasteiger partial charge is 0.341 e. The van der Waals surface area contributed by atoms with Crippen molar-refractivity contribution in [2.24, 2.45) is 5.92 Å². The van der Waals surface area contributed by atoms with Crippen LogP contribution in [0.1, 0.15) is 44.0 Å². The average Bonchev–Trinajstić information content (AvgIpc) is 3.45. The molecule has 1 aromatic carbocycles. The van der Waals surface area contributed by atoms with Crippen LogP contribution >= 0.6 is 11.3 Å². The Hall–Kier alpha value is -2.67. The van der Waals surface area contributed by atoms with Crippen LogP contribution in [-0.4, -0.2) is 24.9 Å². The zero-order valence-corrected chi connectivity index (χ0v) is 15.4. The van der Waals surface area contributed by atoms with Crippen molar-refractivity contribution in [2.45, 2.75) is 26.3 Å².